The first-order chi connectivity index (χ1) is 5.48. The lowest BCUT2D eigenvalue weighted by atomic mass is 10.1. The zero-order valence-corrected chi connectivity index (χ0v) is 6.82. The fourth-order valence-electron chi connectivity index (χ4n) is 0.689. The molecule has 0 aromatic carbocycles. The van der Waals surface area contributed by atoms with E-state index >= 15 is 0 Å². The molecule has 0 aromatic rings. The molecule has 0 heterocycles. The van der Waals surface area contributed by atoms with Crippen molar-refractivity contribution in [1.82, 2.24) is 0 Å². The van der Waals surface area contributed by atoms with Crippen LogP contribution in [0.25, 0.3) is 0 Å². The Morgan fingerprint density at radius 3 is 2.42 bits per heavy atom. The van der Waals surface area contributed by atoms with Gasteiger partial charge >= 0.3 is 6.18 Å². The predicted molar refractivity (Wildman–Crippen MR) is 39.7 cm³/mol. The van der Waals surface area contributed by atoms with Gasteiger partial charge in [0.2, 0.25) is 5.78 Å². The summed E-state index contributed by atoms with van der Waals surface area (Å²) in [6.45, 7) is 1.78. The van der Waals surface area contributed by atoms with Crippen molar-refractivity contribution in [2.24, 2.45) is 0 Å². The molecular weight excluding hydrogens is 169 g/mol. The van der Waals surface area contributed by atoms with E-state index in [1.807, 2.05) is 0 Å². The van der Waals surface area contributed by atoms with E-state index in [0.717, 1.165) is 0 Å². The van der Waals surface area contributed by atoms with Crippen LogP contribution >= 0.6 is 0 Å². The van der Waals surface area contributed by atoms with Gasteiger partial charge in [-0.25, -0.2) is 0 Å². The number of hydrogen-bond acceptors (Lipinski definition) is 1. The van der Waals surface area contributed by atoms with Gasteiger partial charge in [0.05, 0.1) is 0 Å². The van der Waals surface area contributed by atoms with Crippen molar-refractivity contribution in [3.63, 3.8) is 0 Å². The molecular formula is C8H11F3O. The maximum absolute atomic E-state index is 11.6. The van der Waals surface area contributed by atoms with Gasteiger partial charge in [-0.1, -0.05) is 12.2 Å². The number of hydrogen-bond donors (Lipinski definition) is 0. The number of carbonyl (C=O) groups is 1. The Morgan fingerprint density at radius 1 is 1.42 bits per heavy atom. The van der Waals surface area contributed by atoms with E-state index in [1.54, 1.807) is 19.1 Å². The van der Waals surface area contributed by atoms with Crippen LogP contribution in [-0.2, 0) is 4.79 Å². The molecule has 12 heavy (non-hydrogen) atoms. The maximum Gasteiger partial charge on any atom is 0.449 e. The molecule has 0 fully saturated rings. The van der Waals surface area contributed by atoms with Crippen molar-refractivity contribution in [3.05, 3.63) is 12.2 Å². The molecule has 1 nitrogen and oxygen atoms in total. The van der Waals surface area contributed by atoms with E-state index in [-0.39, 0.29) is 6.42 Å². The largest absolute Gasteiger partial charge is 0.449 e. The molecule has 0 unspecified atom stereocenters. The molecule has 0 saturated heterocycles. The van der Waals surface area contributed by atoms with E-state index in [9.17, 15) is 18.0 Å². The standard InChI is InChI=1S/C8H11F3O/c1-2-3-4-5-6-7(12)8(9,10)11/h2-3H,4-6H2,1H3/b3-2-. The summed E-state index contributed by atoms with van der Waals surface area (Å²) in [6, 6.07) is 0. The third-order valence-electron chi connectivity index (χ3n) is 1.33. The number of rotatable bonds is 4. The molecule has 70 valence electrons. The molecule has 0 rings (SSSR count). The summed E-state index contributed by atoms with van der Waals surface area (Å²) < 4.78 is 34.8. The highest BCUT2D eigenvalue weighted by atomic mass is 19.4. The van der Waals surface area contributed by atoms with Crippen molar-refractivity contribution in [2.45, 2.75) is 32.4 Å². The van der Waals surface area contributed by atoms with E-state index in [4.69, 9.17) is 0 Å². The van der Waals surface area contributed by atoms with Crippen LogP contribution in [-0.4, -0.2) is 12.0 Å². The van der Waals surface area contributed by atoms with Crippen LogP contribution < -0.4 is 0 Å². The molecule has 0 radical (unpaired) electrons. The van der Waals surface area contributed by atoms with Gasteiger partial charge in [-0.15, -0.1) is 0 Å². The topological polar surface area (TPSA) is 17.1 Å². The molecule has 0 bridgehead atoms. The third-order valence-corrected chi connectivity index (χ3v) is 1.33. The van der Waals surface area contributed by atoms with Crippen molar-refractivity contribution >= 4 is 5.78 Å². The van der Waals surface area contributed by atoms with Gasteiger partial charge in [0, 0.05) is 6.42 Å². The normalized spacial score (nSPS) is 12.3. The van der Waals surface area contributed by atoms with Crippen LogP contribution in [0.4, 0.5) is 13.2 Å². The highest BCUT2D eigenvalue weighted by Gasteiger charge is 2.36. The number of allylic oxidation sites excluding steroid dienone is 2. The van der Waals surface area contributed by atoms with E-state index in [0.29, 0.717) is 6.42 Å². The summed E-state index contributed by atoms with van der Waals surface area (Å²) in [5.41, 5.74) is 0. The van der Waals surface area contributed by atoms with Gasteiger partial charge in [-0.3, -0.25) is 4.79 Å². The Hall–Kier alpha value is -0.800. The summed E-state index contributed by atoms with van der Waals surface area (Å²) in [5.74, 6) is -1.63. The molecule has 0 spiro atoms. The van der Waals surface area contributed by atoms with Gasteiger partial charge in [0.1, 0.15) is 0 Å². The number of unbranched alkanes of at least 4 members (excludes halogenated alkanes) is 1. The molecule has 0 N–H and O–H groups in total. The van der Waals surface area contributed by atoms with E-state index in [2.05, 4.69) is 0 Å². The average molecular weight is 180 g/mol. The second-order valence-electron chi connectivity index (χ2n) is 2.38. The minimum atomic E-state index is -4.66. The predicted octanol–water partition coefficient (Wildman–Crippen LogP) is 2.86. The van der Waals surface area contributed by atoms with Gasteiger partial charge in [0.15, 0.2) is 0 Å². The summed E-state index contributed by atoms with van der Waals surface area (Å²) in [4.78, 5) is 10.3. The first-order valence-corrected chi connectivity index (χ1v) is 3.69. The smallest absolute Gasteiger partial charge is 0.290 e. The van der Waals surface area contributed by atoms with E-state index in [1.165, 1.54) is 0 Å². The van der Waals surface area contributed by atoms with Gasteiger partial charge in [-0.05, 0) is 19.8 Å². The Morgan fingerprint density at radius 2 is 2.00 bits per heavy atom. The van der Waals surface area contributed by atoms with Crippen molar-refractivity contribution in [1.29, 1.82) is 0 Å². The molecule has 4 heteroatoms. The Kier molecular flexibility index (Phi) is 4.62. The van der Waals surface area contributed by atoms with E-state index < -0.39 is 18.4 Å². The lowest BCUT2D eigenvalue weighted by Crippen LogP contribution is -2.22. The lowest BCUT2D eigenvalue weighted by Gasteiger charge is -2.02. The number of Topliss-reactive ketones (excluding diaryl/α,β-unsaturated/α-hetero) is 1. The molecule has 0 aliphatic carbocycles. The first-order valence-electron chi connectivity index (χ1n) is 3.69. The second-order valence-corrected chi connectivity index (χ2v) is 2.38. The van der Waals surface area contributed by atoms with Crippen molar-refractivity contribution in [2.75, 3.05) is 0 Å². The molecule has 0 amide bonds. The zero-order chi connectivity index (χ0) is 9.61. The molecule has 0 aliphatic heterocycles. The third kappa shape index (κ3) is 4.93. The molecule has 0 aliphatic rings. The summed E-state index contributed by atoms with van der Waals surface area (Å²) in [6.07, 6.45) is -0.785. The zero-order valence-electron chi connectivity index (χ0n) is 6.82. The van der Waals surface area contributed by atoms with Gasteiger partial charge < -0.3 is 0 Å². The van der Waals surface area contributed by atoms with Crippen LogP contribution in [0.5, 0.6) is 0 Å². The highest BCUT2D eigenvalue weighted by molar-refractivity contribution is 5.83. The fourth-order valence-corrected chi connectivity index (χ4v) is 0.689. The lowest BCUT2D eigenvalue weighted by molar-refractivity contribution is -0.171. The first kappa shape index (κ1) is 11.2. The number of carbonyl (C=O) groups excluding carboxylic acids is 1. The van der Waals surface area contributed by atoms with Gasteiger partial charge in [-0.2, -0.15) is 13.2 Å². The second kappa shape index (κ2) is 4.95. The Labute approximate surface area is 69.3 Å². The van der Waals surface area contributed by atoms with Crippen LogP contribution in [0.1, 0.15) is 26.2 Å². The summed E-state index contributed by atoms with van der Waals surface area (Å²) in [7, 11) is 0. The van der Waals surface area contributed by atoms with Crippen molar-refractivity contribution < 1.29 is 18.0 Å². The quantitative estimate of drug-likeness (QED) is 0.480. The average Bonchev–Trinajstić information content (AvgIpc) is 1.96. The maximum atomic E-state index is 11.6. The minimum absolute atomic E-state index is 0.267. The molecule has 0 atom stereocenters. The van der Waals surface area contributed by atoms with Crippen LogP contribution in [0.2, 0.25) is 0 Å². The minimum Gasteiger partial charge on any atom is -0.290 e. The van der Waals surface area contributed by atoms with Crippen LogP contribution in [0, 0.1) is 0 Å². The number of alkyl halides is 3. The SMILES string of the molecule is C/C=C\CCCC(=O)C(F)(F)F. The van der Waals surface area contributed by atoms with Gasteiger partial charge in [0.25, 0.3) is 0 Å². The Bertz CT molecular complexity index is 170. The van der Waals surface area contributed by atoms with Crippen molar-refractivity contribution in [3.8, 4) is 0 Å². The molecule has 0 saturated carbocycles. The highest BCUT2D eigenvalue weighted by Crippen LogP contribution is 2.19. The molecule has 0 aromatic heterocycles. The summed E-state index contributed by atoms with van der Waals surface area (Å²) >= 11 is 0. The monoisotopic (exact) mass is 180 g/mol. The number of ketones is 1. The Balaban J connectivity index is 3.59. The number of halogens is 3. The van der Waals surface area contributed by atoms with Crippen LogP contribution in [0.15, 0.2) is 12.2 Å². The van der Waals surface area contributed by atoms with Crippen LogP contribution in [0.3, 0.4) is 0 Å². The fraction of sp³-hybridized carbons (Fsp3) is 0.625. The summed E-state index contributed by atoms with van der Waals surface area (Å²) in [5, 5.41) is 0.